The minimum Gasteiger partial charge on any atom is -0.490 e. The van der Waals surface area contributed by atoms with E-state index < -0.39 is 11.6 Å². The fraction of sp³-hybridized carbons (Fsp3) is 0.375. The molecular formula is C32H36F2O. The first-order valence-corrected chi connectivity index (χ1v) is 12.9. The minimum absolute atomic E-state index is 0.257. The topological polar surface area (TPSA) is 9.23 Å². The molecule has 0 radical (unpaired) electrons. The summed E-state index contributed by atoms with van der Waals surface area (Å²) in [6, 6.07) is 15.7. The quantitative estimate of drug-likeness (QED) is 0.266. The van der Waals surface area contributed by atoms with Crippen LogP contribution in [0.3, 0.4) is 0 Å². The van der Waals surface area contributed by atoms with Gasteiger partial charge in [0.05, 0.1) is 0 Å². The van der Waals surface area contributed by atoms with Gasteiger partial charge in [0, 0.05) is 5.39 Å². The summed E-state index contributed by atoms with van der Waals surface area (Å²) in [6.07, 6.45) is 14.4. The maximum absolute atomic E-state index is 14.9. The van der Waals surface area contributed by atoms with Gasteiger partial charge in [-0.25, -0.2) is 8.78 Å². The van der Waals surface area contributed by atoms with Gasteiger partial charge in [0.2, 0.25) is 0 Å². The molecule has 0 unspecified atom stereocenters. The monoisotopic (exact) mass is 474 g/mol. The van der Waals surface area contributed by atoms with Crippen LogP contribution in [-0.2, 0) is 12.8 Å². The largest absolute Gasteiger partial charge is 0.490 e. The molecule has 1 saturated carbocycles. The number of allylic oxidation sites excluding steroid dienone is 2. The molecule has 0 bridgehead atoms. The van der Waals surface area contributed by atoms with Crippen LogP contribution in [0, 0.1) is 17.6 Å². The second kappa shape index (κ2) is 12.2. The molecule has 1 aliphatic rings. The molecular weight excluding hydrogens is 438 g/mol. The number of fused-ring (bicyclic) bond motifs is 1. The predicted octanol–water partition coefficient (Wildman–Crippen LogP) is 9.10. The van der Waals surface area contributed by atoms with Crippen LogP contribution in [-0.4, -0.2) is 6.61 Å². The van der Waals surface area contributed by atoms with E-state index in [0.717, 1.165) is 17.9 Å². The van der Waals surface area contributed by atoms with Crippen molar-refractivity contribution in [3.8, 4) is 5.75 Å². The highest BCUT2D eigenvalue weighted by Gasteiger charge is 2.22. The Balaban J connectivity index is 1.38. The molecule has 0 aromatic heterocycles. The standard InChI is InChI=1S/C32H36F2O/c1-3-5-7-23-8-13-25(14-9-23)26-15-10-24(11-16-26)12-17-28-21-27-18-19-29(35-20-6-4-2)22-30(27)32(34)31(28)33/h3-4,6,10-11,15-16,18-19,21-23,25H,1,5,7-9,12-14,17,20H2,2H3. The fourth-order valence-electron chi connectivity index (χ4n) is 5.25. The smallest absolute Gasteiger partial charge is 0.167 e. The molecule has 0 N–H and O–H groups in total. The SMILES string of the molecule is C=CCCC1CCC(c2ccc(CCc3cc4ccc(OCC=CC)cc4c(F)c3F)cc2)CC1. The number of hydrogen-bond donors (Lipinski definition) is 0. The van der Waals surface area contributed by atoms with Gasteiger partial charge in [-0.2, -0.15) is 0 Å². The maximum atomic E-state index is 14.9. The Morgan fingerprint density at radius 1 is 0.943 bits per heavy atom. The van der Waals surface area contributed by atoms with Crippen LogP contribution in [0.1, 0.15) is 68.1 Å². The Morgan fingerprint density at radius 3 is 2.43 bits per heavy atom. The Morgan fingerprint density at radius 2 is 1.71 bits per heavy atom. The third kappa shape index (κ3) is 6.39. The van der Waals surface area contributed by atoms with Gasteiger partial charge in [-0.3, -0.25) is 0 Å². The van der Waals surface area contributed by atoms with E-state index in [4.69, 9.17) is 4.74 Å². The Kier molecular flexibility index (Phi) is 8.74. The number of hydrogen-bond acceptors (Lipinski definition) is 1. The normalized spacial score (nSPS) is 18.3. The van der Waals surface area contributed by atoms with Crippen LogP contribution in [0.5, 0.6) is 5.75 Å². The second-order valence-corrected chi connectivity index (χ2v) is 9.75. The number of rotatable bonds is 10. The highest BCUT2D eigenvalue weighted by atomic mass is 19.2. The molecule has 1 nitrogen and oxygen atoms in total. The van der Waals surface area contributed by atoms with Crippen molar-refractivity contribution < 1.29 is 13.5 Å². The number of benzene rings is 3. The summed E-state index contributed by atoms with van der Waals surface area (Å²) in [5.41, 5.74) is 2.98. The van der Waals surface area contributed by atoms with Crippen molar-refractivity contribution in [1.29, 1.82) is 0 Å². The van der Waals surface area contributed by atoms with E-state index in [-0.39, 0.29) is 5.39 Å². The lowest BCUT2D eigenvalue weighted by Gasteiger charge is -2.28. The van der Waals surface area contributed by atoms with Gasteiger partial charge in [0.1, 0.15) is 12.4 Å². The van der Waals surface area contributed by atoms with Crippen molar-refractivity contribution in [2.45, 2.75) is 64.2 Å². The summed E-state index contributed by atoms with van der Waals surface area (Å²) >= 11 is 0. The van der Waals surface area contributed by atoms with Crippen LogP contribution >= 0.6 is 0 Å². The molecule has 0 amide bonds. The number of aryl methyl sites for hydroxylation is 2. The number of ether oxygens (including phenoxy) is 1. The summed E-state index contributed by atoms with van der Waals surface area (Å²) in [5.74, 6) is 0.467. The van der Waals surface area contributed by atoms with Crippen molar-refractivity contribution in [3.05, 3.63) is 102 Å². The van der Waals surface area contributed by atoms with Crippen LogP contribution in [0.25, 0.3) is 10.8 Å². The van der Waals surface area contributed by atoms with Crippen LogP contribution in [0.15, 0.2) is 73.3 Å². The van der Waals surface area contributed by atoms with Crippen molar-refractivity contribution >= 4 is 10.8 Å². The van der Waals surface area contributed by atoms with Gasteiger partial charge in [-0.1, -0.05) is 48.6 Å². The molecule has 0 spiro atoms. The zero-order chi connectivity index (χ0) is 24.6. The Labute approximate surface area is 208 Å². The number of halogens is 2. The predicted molar refractivity (Wildman–Crippen MR) is 142 cm³/mol. The van der Waals surface area contributed by atoms with Crippen molar-refractivity contribution in [3.63, 3.8) is 0 Å². The molecule has 0 aliphatic heterocycles. The van der Waals surface area contributed by atoms with Crippen LogP contribution in [0.4, 0.5) is 8.78 Å². The molecule has 0 heterocycles. The minimum atomic E-state index is -0.798. The zero-order valence-corrected chi connectivity index (χ0v) is 20.7. The first-order valence-electron chi connectivity index (χ1n) is 12.9. The van der Waals surface area contributed by atoms with Crippen molar-refractivity contribution in [1.82, 2.24) is 0 Å². The van der Waals surface area contributed by atoms with E-state index in [1.165, 1.54) is 37.7 Å². The van der Waals surface area contributed by atoms with Crippen molar-refractivity contribution in [2.75, 3.05) is 6.61 Å². The first-order chi connectivity index (χ1) is 17.1. The molecule has 0 atom stereocenters. The molecule has 35 heavy (non-hydrogen) atoms. The molecule has 3 aromatic rings. The van der Waals surface area contributed by atoms with E-state index in [0.29, 0.717) is 42.1 Å². The van der Waals surface area contributed by atoms with Gasteiger partial charge in [0.25, 0.3) is 0 Å². The summed E-state index contributed by atoms with van der Waals surface area (Å²) in [4.78, 5) is 0. The Hall–Kier alpha value is -2.94. The third-order valence-electron chi connectivity index (χ3n) is 7.41. The lowest BCUT2D eigenvalue weighted by atomic mass is 9.77. The van der Waals surface area contributed by atoms with Gasteiger partial charge >= 0.3 is 0 Å². The fourth-order valence-corrected chi connectivity index (χ4v) is 5.25. The Bertz CT molecular complexity index is 1150. The van der Waals surface area contributed by atoms with Gasteiger partial charge in [-0.15, -0.1) is 6.58 Å². The highest BCUT2D eigenvalue weighted by Crippen LogP contribution is 2.37. The molecule has 1 fully saturated rings. The summed E-state index contributed by atoms with van der Waals surface area (Å²) in [5, 5.41) is 0.948. The lowest BCUT2D eigenvalue weighted by Crippen LogP contribution is -2.13. The van der Waals surface area contributed by atoms with E-state index in [9.17, 15) is 8.78 Å². The molecule has 3 aromatic carbocycles. The average molecular weight is 475 g/mol. The second-order valence-electron chi connectivity index (χ2n) is 9.75. The van der Waals surface area contributed by atoms with Gasteiger partial charge in [-0.05, 0) is 110 Å². The summed E-state index contributed by atoms with van der Waals surface area (Å²) in [6.45, 7) is 6.15. The van der Waals surface area contributed by atoms with E-state index in [2.05, 4.69) is 30.8 Å². The molecule has 184 valence electrons. The van der Waals surface area contributed by atoms with Crippen LogP contribution in [0.2, 0.25) is 0 Å². The first kappa shape index (κ1) is 25.2. The molecule has 3 heteroatoms. The van der Waals surface area contributed by atoms with Gasteiger partial charge < -0.3 is 4.74 Å². The average Bonchev–Trinajstić information content (AvgIpc) is 2.90. The zero-order valence-electron chi connectivity index (χ0n) is 20.7. The van der Waals surface area contributed by atoms with E-state index in [1.54, 1.807) is 24.3 Å². The summed E-state index contributed by atoms with van der Waals surface area (Å²) in [7, 11) is 0. The maximum Gasteiger partial charge on any atom is 0.167 e. The molecule has 4 rings (SSSR count). The molecule has 0 saturated heterocycles. The van der Waals surface area contributed by atoms with E-state index in [1.807, 2.05) is 25.2 Å². The summed E-state index contributed by atoms with van der Waals surface area (Å²) < 4.78 is 35.3. The van der Waals surface area contributed by atoms with Gasteiger partial charge in [0.15, 0.2) is 11.6 Å². The lowest BCUT2D eigenvalue weighted by molar-refractivity contribution is 0.312. The molecule has 1 aliphatic carbocycles. The van der Waals surface area contributed by atoms with Crippen LogP contribution < -0.4 is 4.74 Å². The highest BCUT2D eigenvalue weighted by molar-refractivity contribution is 5.85. The third-order valence-corrected chi connectivity index (χ3v) is 7.41. The van der Waals surface area contributed by atoms with Crippen molar-refractivity contribution in [2.24, 2.45) is 5.92 Å². The van der Waals surface area contributed by atoms with E-state index >= 15 is 0 Å².